The van der Waals surface area contributed by atoms with Crippen molar-refractivity contribution in [3.05, 3.63) is 59.9 Å². The van der Waals surface area contributed by atoms with Crippen LogP contribution in [-0.2, 0) is 11.2 Å². The molecule has 1 amide bonds. The van der Waals surface area contributed by atoms with Crippen LogP contribution < -0.4 is 5.32 Å². The third kappa shape index (κ3) is 3.51. The summed E-state index contributed by atoms with van der Waals surface area (Å²) in [5.41, 5.74) is 2.62. The molecule has 0 aliphatic heterocycles. The Morgan fingerprint density at radius 2 is 1.96 bits per heavy atom. The summed E-state index contributed by atoms with van der Waals surface area (Å²) in [6.07, 6.45) is 0.827. The molecule has 2 aromatic carbocycles. The average Bonchev–Trinajstić information content (AvgIpc) is 2.98. The van der Waals surface area contributed by atoms with Crippen molar-refractivity contribution in [1.29, 1.82) is 0 Å². The van der Waals surface area contributed by atoms with E-state index in [9.17, 15) is 9.90 Å². The smallest absolute Gasteiger partial charge is 0.220 e. The van der Waals surface area contributed by atoms with E-state index in [4.69, 9.17) is 0 Å². The van der Waals surface area contributed by atoms with Gasteiger partial charge in [0, 0.05) is 6.42 Å². The highest BCUT2D eigenvalue weighted by molar-refractivity contribution is 5.77. The lowest BCUT2D eigenvalue weighted by molar-refractivity contribution is -0.121. The Morgan fingerprint density at radius 3 is 2.74 bits per heavy atom. The molecule has 23 heavy (non-hydrogen) atoms. The van der Waals surface area contributed by atoms with E-state index >= 15 is 0 Å². The molecule has 1 heterocycles. The average molecular weight is 309 g/mol. The number of benzene rings is 2. The number of nitrogens with one attached hydrogen (secondary N) is 2. The van der Waals surface area contributed by atoms with Crippen LogP contribution in [0.15, 0.2) is 48.5 Å². The lowest BCUT2D eigenvalue weighted by atomic mass is 10.1. The van der Waals surface area contributed by atoms with Crippen molar-refractivity contribution >= 4 is 16.9 Å². The monoisotopic (exact) mass is 309 g/mol. The van der Waals surface area contributed by atoms with Gasteiger partial charge in [0.15, 0.2) is 0 Å². The number of aryl methyl sites for hydroxylation is 1. The number of fused-ring (bicyclic) bond motifs is 1. The van der Waals surface area contributed by atoms with Gasteiger partial charge in [-0.15, -0.1) is 0 Å². The molecule has 0 unspecified atom stereocenters. The Hall–Kier alpha value is -2.82. The third-order valence-corrected chi connectivity index (χ3v) is 3.81. The predicted molar refractivity (Wildman–Crippen MR) is 89.1 cm³/mol. The van der Waals surface area contributed by atoms with E-state index in [-0.39, 0.29) is 17.7 Å². The van der Waals surface area contributed by atoms with Crippen molar-refractivity contribution in [2.24, 2.45) is 0 Å². The molecule has 3 aromatic rings. The molecule has 0 aliphatic carbocycles. The largest absolute Gasteiger partial charge is 0.508 e. The van der Waals surface area contributed by atoms with Gasteiger partial charge in [0.2, 0.25) is 5.91 Å². The van der Waals surface area contributed by atoms with Crippen molar-refractivity contribution < 1.29 is 9.90 Å². The van der Waals surface area contributed by atoms with Crippen molar-refractivity contribution in [3.63, 3.8) is 0 Å². The van der Waals surface area contributed by atoms with Gasteiger partial charge in [0.25, 0.3) is 0 Å². The van der Waals surface area contributed by atoms with Crippen LogP contribution >= 0.6 is 0 Å². The summed E-state index contributed by atoms with van der Waals surface area (Å²) in [4.78, 5) is 19.8. The molecule has 0 spiro atoms. The Morgan fingerprint density at radius 1 is 1.22 bits per heavy atom. The number of phenolic OH excluding ortho intramolecular Hbond substituents is 1. The highest BCUT2D eigenvalue weighted by Crippen LogP contribution is 2.18. The van der Waals surface area contributed by atoms with Crippen molar-refractivity contribution in [3.8, 4) is 5.75 Å². The van der Waals surface area contributed by atoms with Crippen molar-refractivity contribution in [2.45, 2.75) is 25.8 Å². The molecule has 0 bridgehead atoms. The molecule has 3 N–H and O–H groups in total. The summed E-state index contributed by atoms with van der Waals surface area (Å²) in [7, 11) is 0. The van der Waals surface area contributed by atoms with Crippen LogP contribution in [0.2, 0.25) is 0 Å². The molecule has 0 saturated heterocycles. The first-order valence-electron chi connectivity index (χ1n) is 7.64. The predicted octanol–water partition coefficient (Wildman–Crippen LogP) is 3.08. The summed E-state index contributed by atoms with van der Waals surface area (Å²) < 4.78 is 0. The second-order valence-electron chi connectivity index (χ2n) is 5.56. The van der Waals surface area contributed by atoms with E-state index in [2.05, 4.69) is 15.3 Å². The lowest BCUT2D eigenvalue weighted by Crippen LogP contribution is -2.27. The number of hydrogen-bond donors (Lipinski definition) is 3. The van der Waals surface area contributed by atoms with E-state index < -0.39 is 0 Å². The molecule has 5 heteroatoms. The first kappa shape index (κ1) is 15.1. The van der Waals surface area contributed by atoms with Gasteiger partial charge in [-0.05, 0) is 37.1 Å². The summed E-state index contributed by atoms with van der Waals surface area (Å²) in [6.45, 7) is 1.90. The standard InChI is InChI=1S/C18H19N3O2/c1-12(18-20-14-7-3-4-8-15(14)21-18)19-17(23)11-10-13-6-2-5-9-16(13)22/h2-9,12,22H,10-11H2,1H3,(H,19,23)(H,20,21)/t12-/m0/s1. The molecule has 0 radical (unpaired) electrons. The third-order valence-electron chi connectivity index (χ3n) is 3.81. The molecule has 0 saturated carbocycles. The number of hydrogen-bond acceptors (Lipinski definition) is 3. The summed E-state index contributed by atoms with van der Waals surface area (Å²) >= 11 is 0. The zero-order valence-electron chi connectivity index (χ0n) is 12.9. The maximum atomic E-state index is 12.1. The fourth-order valence-corrected chi connectivity index (χ4v) is 2.53. The number of H-pyrrole nitrogens is 1. The molecule has 3 rings (SSSR count). The number of carbonyl (C=O) groups is 1. The molecule has 1 atom stereocenters. The zero-order chi connectivity index (χ0) is 16.2. The Bertz CT molecular complexity index is 793. The van der Waals surface area contributed by atoms with Gasteiger partial charge in [0.1, 0.15) is 11.6 Å². The normalized spacial score (nSPS) is 12.2. The minimum absolute atomic E-state index is 0.0683. The number of phenols is 1. The number of nitrogens with zero attached hydrogens (tertiary/aromatic N) is 1. The second kappa shape index (κ2) is 6.52. The first-order valence-corrected chi connectivity index (χ1v) is 7.64. The van der Waals surface area contributed by atoms with Crippen molar-refractivity contribution in [2.75, 3.05) is 0 Å². The SMILES string of the molecule is C[C@H](NC(=O)CCc1ccccc1O)c1nc2ccccc2[nH]1. The van der Waals surface area contributed by atoms with Gasteiger partial charge in [-0.2, -0.15) is 0 Å². The maximum absolute atomic E-state index is 12.1. The number of carbonyl (C=O) groups excluding carboxylic acids is 1. The number of aromatic hydroxyl groups is 1. The van der Waals surface area contributed by atoms with Crippen LogP contribution in [0.4, 0.5) is 0 Å². The van der Waals surface area contributed by atoms with Gasteiger partial charge in [0.05, 0.1) is 17.1 Å². The van der Waals surface area contributed by atoms with Crippen LogP contribution in [0, 0.1) is 0 Å². The van der Waals surface area contributed by atoms with Gasteiger partial charge in [-0.1, -0.05) is 30.3 Å². The number of imidazole rings is 1. The van der Waals surface area contributed by atoms with E-state index in [1.807, 2.05) is 43.3 Å². The maximum Gasteiger partial charge on any atom is 0.220 e. The van der Waals surface area contributed by atoms with Crippen LogP contribution in [0.5, 0.6) is 5.75 Å². The van der Waals surface area contributed by atoms with Crippen molar-refractivity contribution in [1.82, 2.24) is 15.3 Å². The van der Waals surface area contributed by atoms with Gasteiger partial charge in [-0.25, -0.2) is 4.98 Å². The molecule has 0 aliphatic rings. The number of aromatic amines is 1. The van der Waals surface area contributed by atoms with Crippen LogP contribution in [-0.4, -0.2) is 21.0 Å². The first-order chi connectivity index (χ1) is 11.1. The quantitative estimate of drug-likeness (QED) is 0.678. The Kier molecular flexibility index (Phi) is 4.28. The van der Waals surface area contributed by atoms with Gasteiger partial charge in [-0.3, -0.25) is 4.79 Å². The van der Waals surface area contributed by atoms with E-state index in [1.54, 1.807) is 12.1 Å². The van der Waals surface area contributed by atoms with E-state index in [0.29, 0.717) is 12.8 Å². The number of rotatable bonds is 5. The highest BCUT2D eigenvalue weighted by Gasteiger charge is 2.14. The minimum Gasteiger partial charge on any atom is -0.508 e. The zero-order valence-corrected chi connectivity index (χ0v) is 12.9. The fraction of sp³-hybridized carbons (Fsp3) is 0.222. The molecule has 0 fully saturated rings. The molecule has 5 nitrogen and oxygen atoms in total. The topological polar surface area (TPSA) is 78.0 Å². The van der Waals surface area contributed by atoms with E-state index in [0.717, 1.165) is 22.4 Å². The van der Waals surface area contributed by atoms with Crippen LogP contribution in [0.25, 0.3) is 11.0 Å². The summed E-state index contributed by atoms with van der Waals surface area (Å²) in [5.74, 6) is 0.897. The molecule has 118 valence electrons. The number of amides is 1. The molecular formula is C18H19N3O2. The summed E-state index contributed by atoms with van der Waals surface area (Å²) in [5, 5.41) is 12.6. The molecular weight excluding hydrogens is 290 g/mol. The summed E-state index contributed by atoms with van der Waals surface area (Å²) in [6, 6.07) is 14.6. The van der Waals surface area contributed by atoms with E-state index in [1.165, 1.54) is 0 Å². The fourth-order valence-electron chi connectivity index (χ4n) is 2.53. The molecule has 1 aromatic heterocycles. The van der Waals surface area contributed by atoms with Gasteiger partial charge >= 0.3 is 0 Å². The number of para-hydroxylation sites is 3. The van der Waals surface area contributed by atoms with Crippen LogP contribution in [0.1, 0.15) is 30.8 Å². The van der Waals surface area contributed by atoms with Crippen LogP contribution in [0.3, 0.4) is 0 Å². The lowest BCUT2D eigenvalue weighted by Gasteiger charge is -2.11. The second-order valence-corrected chi connectivity index (χ2v) is 5.56. The Labute approximate surface area is 134 Å². The highest BCUT2D eigenvalue weighted by atomic mass is 16.3. The minimum atomic E-state index is -0.195. The Balaban J connectivity index is 1.60. The number of aromatic nitrogens is 2. The van der Waals surface area contributed by atoms with Gasteiger partial charge < -0.3 is 15.4 Å².